The molecular weight excluding hydrogens is 378 g/mol. The second-order valence-corrected chi connectivity index (χ2v) is 6.96. The van der Waals surface area contributed by atoms with Gasteiger partial charge in [-0.2, -0.15) is 0 Å². The zero-order valence-corrected chi connectivity index (χ0v) is 16.2. The lowest BCUT2D eigenvalue weighted by molar-refractivity contribution is -0.231. The Morgan fingerprint density at radius 3 is 2.34 bits per heavy atom. The first-order valence-corrected chi connectivity index (χ1v) is 9.14. The average Bonchev–Trinajstić information content (AvgIpc) is 2.74. The maximum atomic E-state index is 11.9. The molecule has 8 nitrogen and oxygen atoms in total. The summed E-state index contributed by atoms with van der Waals surface area (Å²) in [7, 11) is 2.75. The molecule has 0 radical (unpaired) electrons. The van der Waals surface area contributed by atoms with Gasteiger partial charge in [0.15, 0.2) is 6.10 Å². The zero-order valence-electron chi connectivity index (χ0n) is 16.2. The molecule has 1 heterocycles. The van der Waals surface area contributed by atoms with Crippen molar-refractivity contribution in [2.45, 2.75) is 36.9 Å². The second kappa shape index (κ2) is 8.79. The largest absolute Gasteiger partial charge is 0.497 e. The number of benzene rings is 2. The number of hydrogen-bond donors (Lipinski definition) is 4. The minimum Gasteiger partial charge on any atom is -0.497 e. The normalized spacial score (nSPS) is 26.7. The predicted molar refractivity (Wildman–Crippen MR) is 104 cm³/mol. The van der Waals surface area contributed by atoms with Crippen LogP contribution in [0, 0.1) is 0 Å². The highest BCUT2D eigenvalue weighted by molar-refractivity contribution is 5.75. The van der Waals surface area contributed by atoms with E-state index in [0.717, 1.165) is 24.0 Å². The fourth-order valence-electron chi connectivity index (χ4n) is 3.39. The van der Waals surface area contributed by atoms with Crippen molar-refractivity contribution in [3.63, 3.8) is 0 Å². The van der Waals surface area contributed by atoms with Crippen LogP contribution in [0.25, 0.3) is 0 Å². The number of nitrogen functional groups attached to an aromatic ring is 1. The molecule has 0 amide bonds. The molecule has 0 bridgehead atoms. The summed E-state index contributed by atoms with van der Waals surface area (Å²) in [5, 5.41) is 30.6. The van der Waals surface area contributed by atoms with Crippen LogP contribution in [0.3, 0.4) is 0 Å². The number of nitrogens with two attached hydrogens (primary N) is 1. The van der Waals surface area contributed by atoms with E-state index in [2.05, 4.69) is 4.74 Å². The zero-order chi connectivity index (χ0) is 21.1. The van der Waals surface area contributed by atoms with Gasteiger partial charge in [-0.1, -0.05) is 24.3 Å². The Morgan fingerprint density at radius 2 is 1.72 bits per heavy atom. The molecule has 156 valence electrons. The number of methoxy groups -OCH3 is 2. The number of esters is 1. The van der Waals surface area contributed by atoms with E-state index in [1.165, 1.54) is 0 Å². The third kappa shape index (κ3) is 4.35. The lowest BCUT2D eigenvalue weighted by atomic mass is 9.89. The molecule has 1 aliphatic rings. The molecule has 5 N–H and O–H groups in total. The van der Waals surface area contributed by atoms with Gasteiger partial charge in [0.25, 0.3) is 0 Å². The summed E-state index contributed by atoms with van der Waals surface area (Å²) in [4.78, 5) is 11.9. The van der Waals surface area contributed by atoms with Crippen LogP contribution in [0.4, 0.5) is 5.69 Å². The van der Waals surface area contributed by atoms with Gasteiger partial charge in [-0.05, 0) is 41.3 Å². The molecule has 5 atom stereocenters. The Hall–Kier alpha value is -2.65. The van der Waals surface area contributed by atoms with Crippen molar-refractivity contribution in [2.24, 2.45) is 0 Å². The summed E-state index contributed by atoms with van der Waals surface area (Å²) in [6.45, 7) is 0. The van der Waals surface area contributed by atoms with Gasteiger partial charge in [0.1, 0.15) is 30.2 Å². The monoisotopic (exact) mass is 403 g/mol. The van der Waals surface area contributed by atoms with Crippen molar-refractivity contribution in [1.29, 1.82) is 0 Å². The maximum absolute atomic E-state index is 11.9. The molecule has 1 aliphatic heterocycles. The fraction of sp³-hybridized carbons (Fsp3) is 0.381. The van der Waals surface area contributed by atoms with Gasteiger partial charge in [0.2, 0.25) is 0 Å². The van der Waals surface area contributed by atoms with Crippen LogP contribution >= 0.6 is 0 Å². The SMILES string of the molecule is COC(=O)[C@H]1O[C@@H](c2ccc(N)c(Cc3ccc(OC)cc3)c2)[C@H](O)[C@@H](O)[C@@H]1O. The molecule has 2 aromatic rings. The Balaban J connectivity index is 1.87. The highest BCUT2D eigenvalue weighted by atomic mass is 16.6. The topological polar surface area (TPSA) is 131 Å². The summed E-state index contributed by atoms with van der Waals surface area (Å²) >= 11 is 0. The first-order chi connectivity index (χ1) is 13.8. The quantitative estimate of drug-likeness (QED) is 0.421. The lowest BCUT2D eigenvalue weighted by Gasteiger charge is -2.39. The molecule has 0 spiro atoms. The van der Waals surface area contributed by atoms with E-state index >= 15 is 0 Å². The molecule has 3 rings (SSSR count). The predicted octanol–water partition coefficient (Wildman–Crippen LogP) is 0.564. The van der Waals surface area contributed by atoms with Crippen LogP contribution in [0.2, 0.25) is 0 Å². The van der Waals surface area contributed by atoms with E-state index < -0.39 is 36.5 Å². The molecule has 29 heavy (non-hydrogen) atoms. The minimum atomic E-state index is -1.60. The summed E-state index contributed by atoms with van der Waals surface area (Å²) in [5.74, 6) is -0.0852. The van der Waals surface area contributed by atoms with E-state index in [0.29, 0.717) is 17.7 Å². The number of rotatable bonds is 5. The highest BCUT2D eigenvalue weighted by Crippen LogP contribution is 2.34. The van der Waals surface area contributed by atoms with E-state index in [1.807, 2.05) is 24.3 Å². The number of anilines is 1. The molecule has 1 fully saturated rings. The van der Waals surface area contributed by atoms with Crippen molar-refractivity contribution in [3.8, 4) is 5.75 Å². The van der Waals surface area contributed by atoms with Gasteiger partial charge in [0.05, 0.1) is 14.2 Å². The Bertz CT molecular complexity index is 855. The van der Waals surface area contributed by atoms with Crippen molar-refractivity contribution in [2.75, 3.05) is 20.0 Å². The number of hydrogen-bond acceptors (Lipinski definition) is 8. The number of aliphatic hydroxyl groups excluding tert-OH is 3. The van der Waals surface area contributed by atoms with Gasteiger partial charge in [-0.25, -0.2) is 4.79 Å². The van der Waals surface area contributed by atoms with Crippen molar-refractivity contribution >= 4 is 11.7 Å². The van der Waals surface area contributed by atoms with Crippen molar-refractivity contribution in [3.05, 3.63) is 59.2 Å². The molecule has 2 aromatic carbocycles. The summed E-state index contributed by atoms with van der Waals surface area (Å²) in [6.07, 6.45) is -6.51. The Morgan fingerprint density at radius 1 is 1.03 bits per heavy atom. The first kappa shape index (κ1) is 21.1. The van der Waals surface area contributed by atoms with Gasteiger partial charge < -0.3 is 35.3 Å². The van der Waals surface area contributed by atoms with Crippen LogP contribution in [0.1, 0.15) is 22.8 Å². The minimum absolute atomic E-state index is 0.523. The molecule has 0 aliphatic carbocycles. The Labute approximate surface area is 168 Å². The lowest BCUT2D eigenvalue weighted by Crippen LogP contribution is -2.56. The van der Waals surface area contributed by atoms with Gasteiger partial charge in [-0.3, -0.25) is 0 Å². The third-order valence-corrected chi connectivity index (χ3v) is 5.10. The summed E-state index contributed by atoms with van der Waals surface area (Å²) in [5.41, 5.74) is 8.98. The number of carbonyl (C=O) groups excluding carboxylic acids is 1. The molecule has 1 saturated heterocycles. The standard InChI is InChI=1S/C21H25NO7/c1-27-14-6-3-11(4-7-14)9-13-10-12(5-8-15(13)22)19-17(24)16(23)18(25)20(29-19)21(26)28-2/h3-8,10,16-20,23-25H,9,22H2,1-2H3/t16-,17-,18+,19+,20+/m1/s1. The Kier molecular flexibility index (Phi) is 6.39. The van der Waals surface area contributed by atoms with Crippen LogP contribution in [-0.4, -0.2) is 59.9 Å². The van der Waals surface area contributed by atoms with Crippen LogP contribution in [0.15, 0.2) is 42.5 Å². The third-order valence-electron chi connectivity index (χ3n) is 5.10. The van der Waals surface area contributed by atoms with Crippen molar-refractivity contribution < 1.29 is 34.3 Å². The molecule has 0 aromatic heterocycles. The fourth-order valence-corrected chi connectivity index (χ4v) is 3.39. The smallest absolute Gasteiger partial charge is 0.337 e. The number of ether oxygens (including phenoxy) is 3. The van der Waals surface area contributed by atoms with Gasteiger partial charge in [-0.15, -0.1) is 0 Å². The van der Waals surface area contributed by atoms with E-state index in [4.69, 9.17) is 15.2 Å². The first-order valence-electron chi connectivity index (χ1n) is 9.14. The maximum Gasteiger partial charge on any atom is 0.337 e. The van der Waals surface area contributed by atoms with Crippen LogP contribution in [0.5, 0.6) is 5.75 Å². The van der Waals surface area contributed by atoms with Gasteiger partial charge in [0, 0.05) is 5.69 Å². The number of aliphatic hydroxyl groups is 3. The van der Waals surface area contributed by atoms with Crippen LogP contribution < -0.4 is 10.5 Å². The summed E-state index contributed by atoms with van der Waals surface area (Å²) in [6, 6.07) is 12.6. The number of carbonyl (C=O) groups is 1. The molecule has 0 unspecified atom stereocenters. The molecule has 0 saturated carbocycles. The molecular formula is C21H25NO7. The van der Waals surface area contributed by atoms with Crippen molar-refractivity contribution in [1.82, 2.24) is 0 Å². The van der Waals surface area contributed by atoms with E-state index in [-0.39, 0.29) is 0 Å². The van der Waals surface area contributed by atoms with Gasteiger partial charge >= 0.3 is 5.97 Å². The summed E-state index contributed by atoms with van der Waals surface area (Å²) < 4.78 is 15.4. The van der Waals surface area contributed by atoms with Crippen LogP contribution in [-0.2, 0) is 20.7 Å². The average molecular weight is 403 g/mol. The second-order valence-electron chi connectivity index (χ2n) is 6.96. The van der Waals surface area contributed by atoms with E-state index in [9.17, 15) is 20.1 Å². The molecule has 8 heteroatoms. The highest BCUT2D eigenvalue weighted by Gasteiger charge is 2.47. The van der Waals surface area contributed by atoms with E-state index in [1.54, 1.807) is 25.3 Å².